The van der Waals surface area contributed by atoms with Gasteiger partial charge in [0.15, 0.2) is 5.78 Å². The molecule has 0 bridgehead atoms. The minimum Gasteiger partial charge on any atom is -0.496 e. The Kier molecular flexibility index (Phi) is 4.73. The number of ether oxygens (including phenoxy) is 1. The molecule has 3 amide bonds. The molecule has 30 heavy (non-hydrogen) atoms. The van der Waals surface area contributed by atoms with Crippen molar-refractivity contribution in [2.24, 2.45) is 0 Å². The van der Waals surface area contributed by atoms with E-state index in [9.17, 15) is 18.8 Å². The molecule has 0 spiro atoms. The van der Waals surface area contributed by atoms with Crippen molar-refractivity contribution in [2.45, 2.75) is 12.5 Å². The lowest BCUT2D eigenvalue weighted by molar-refractivity contribution is -0.130. The molecule has 1 N–H and O–H groups in total. The largest absolute Gasteiger partial charge is 0.496 e. The normalized spacial score (nSPS) is 18.6. The van der Waals surface area contributed by atoms with Crippen LogP contribution in [0.2, 0.25) is 0 Å². The van der Waals surface area contributed by atoms with Crippen LogP contribution in [0.15, 0.2) is 60.7 Å². The molecule has 1 atom stereocenters. The van der Waals surface area contributed by atoms with Crippen molar-refractivity contribution in [2.75, 3.05) is 13.7 Å². The zero-order valence-corrected chi connectivity index (χ0v) is 16.4. The summed E-state index contributed by atoms with van der Waals surface area (Å²) < 4.78 is 18.7. The maximum absolute atomic E-state index is 13.6. The number of urea groups is 1. The molecule has 1 aliphatic heterocycles. The van der Waals surface area contributed by atoms with Crippen LogP contribution in [-0.2, 0) is 10.3 Å². The Balaban J connectivity index is 1.68. The van der Waals surface area contributed by atoms with Gasteiger partial charge in [0.1, 0.15) is 17.1 Å². The number of carbonyl (C=O) groups excluding carboxylic acids is 3. The Hall–Kier alpha value is -3.74. The molecule has 1 fully saturated rings. The second kappa shape index (κ2) is 7.26. The van der Waals surface area contributed by atoms with Gasteiger partial charge < -0.3 is 10.1 Å². The topological polar surface area (TPSA) is 75.7 Å². The van der Waals surface area contributed by atoms with Crippen molar-refractivity contribution >= 4 is 28.5 Å². The number of ketones is 1. The number of halogens is 1. The summed E-state index contributed by atoms with van der Waals surface area (Å²) in [4.78, 5) is 39.5. The third kappa shape index (κ3) is 3.08. The molecule has 152 valence electrons. The summed E-state index contributed by atoms with van der Waals surface area (Å²) >= 11 is 0. The van der Waals surface area contributed by atoms with Gasteiger partial charge in [0, 0.05) is 0 Å². The number of carbonyl (C=O) groups is 3. The molecule has 1 aliphatic rings. The first-order valence-corrected chi connectivity index (χ1v) is 9.34. The maximum atomic E-state index is 13.6. The van der Waals surface area contributed by atoms with Gasteiger partial charge in [-0.3, -0.25) is 14.5 Å². The van der Waals surface area contributed by atoms with Gasteiger partial charge in [-0.15, -0.1) is 0 Å². The summed E-state index contributed by atoms with van der Waals surface area (Å²) in [5.74, 6) is -1.59. The van der Waals surface area contributed by atoms with Crippen LogP contribution < -0.4 is 10.1 Å². The van der Waals surface area contributed by atoms with Crippen molar-refractivity contribution in [1.82, 2.24) is 10.2 Å². The van der Waals surface area contributed by atoms with Gasteiger partial charge in [0.05, 0.1) is 19.2 Å². The van der Waals surface area contributed by atoms with Gasteiger partial charge in [0.2, 0.25) is 0 Å². The van der Waals surface area contributed by atoms with E-state index in [-0.39, 0.29) is 11.3 Å². The molecule has 0 aromatic heterocycles. The van der Waals surface area contributed by atoms with E-state index in [0.717, 1.165) is 21.7 Å². The number of hydrogen-bond acceptors (Lipinski definition) is 4. The summed E-state index contributed by atoms with van der Waals surface area (Å²) in [6.45, 7) is 1.09. The average molecular weight is 406 g/mol. The molecular formula is C23H19FN2O4. The number of nitrogens with zero attached hydrogens (tertiary/aromatic N) is 1. The van der Waals surface area contributed by atoms with Crippen LogP contribution >= 0.6 is 0 Å². The van der Waals surface area contributed by atoms with E-state index in [1.165, 1.54) is 19.2 Å². The third-order valence-electron chi connectivity index (χ3n) is 5.37. The molecule has 0 radical (unpaired) electrons. The summed E-state index contributed by atoms with van der Waals surface area (Å²) in [5, 5.41) is 4.47. The molecule has 7 heteroatoms. The molecule has 1 heterocycles. The first-order chi connectivity index (χ1) is 14.3. The standard InChI is InChI=1S/C23H19FN2O4/c1-23(18-9-5-7-14-6-3-4-8-16(14)18)21(28)26(22(29)25-23)13-19(27)17-12-15(24)10-11-20(17)30-2/h3-12H,13H2,1-2H3,(H,25,29)/t23-/m1/s1. The van der Waals surface area contributed by atoms with Crippen molar-refractivity contribution in [3.8, 4) is 5.75 Å². The highest BCUT2D eigenvalue weighted by Gasteiger charge is 2.50. The number of rotatable bonds is 5. The zero-order chi connectivity index (χ0) is 21.5. The summed E-state index contributed by atoms with van der Waals surface area (Å²) in [6.07, 6.45) is 0. The molecule has 4 rings (SSSR count). The lowest BCUT2D eigenvalue weighted by Gasteiger charge is -2.24. The van der Waals surface area contributed by atoms with Crippen LogP contribution in [0.5, 0.6) is 5.75 Å². The lowest BCUT2D eigenvalue weighted by Crippen LogP contribution is -2.41. The average Bonchev–Trinajstić information content (AvgIpc) is 2.97. The number of hydrogen-bond donors (Lipinski definition) is 1. The summed E-state index contributed by atoms with van der Waals surface area (Å²) in [7, 11) is 1.36. The number of amides is 3. The van der Waals surface area contributed by atoms with Crippen LogP contribution in [0.4, 0.5) is 9.18 Å². The number of nitrogens with one attached hydrogen (secondary N) is 1. The molecule has 3 aromatic carbocycles. The quantitative estimate of drug-likeness (QED) is 0.519. The Labute approximate surface area is 172 Å². The minimum absolute atomic E-state index is 0.0307. The first-order valence-electron chi connectivity index (χ1n) is 9.34. The SMILES string of the molecule is COc1ccc(F)cc1C(=O)CN1C(=O)N[C@](C)(c2cccc3ccccc23)C1=O. The number of methoxy groups -OCH3 is 1. The fraction of sp³-hybridized carbons (Fsp3) is 0.174. The minimum atomic E-state index is -1.33. The van der Waals surface area contributed by atoms with Crippen LogP contribution in [0.25, 0.3) is 10.8 Å². The molecule has 1 saturated heterocycles. The molecular weight excluding hydrogens is 387 g/mol. The second-order valence-corrected chi connectivity index (χ2v) is 7.24. The van der Waals surface area contributed by atoms with E-state index in [1.807, 2.05) is 36.4 Å². The highest BCUT2D eigenvalue weighted by Crippen LogP contribution is 2.34. The smallest absolute Gasteiger partial charge is 0.325 e. The van der Waals surface area contributed by atoms with Crippen LogP contribution in [0.3, 0.4) is 0 Å². The summed E-state index contributed by atoms with van der Waals surface area (Å²) in [6, 6.07) is 15.9. The molecule has 0 unspecified atom stereocenters. The Morgan fingerprint density at radius 1 is 1.10 bits per heavy atom. The van der Waals surface area contributed by atoms with Gasteiger partial charge in [-0.1, -0.05) is 42.5 Å². The fourth-order valence-corrected chi connectivity index (χ4v) is 3.81. The van der Waals surface area contributed by atoms with Crippen LogP contribution in [-0.4, -0.2) is 36.3 Å². The number of fused-ring (bicyclic) bond motifs is 1. The van der Waals surface area contributed by atoms with E-state index in [4.69, 9.17) is 4.74 Å². The van der Waals surface area contributed by atoms with Gasteiger partial charge in [-0.05, 0) is 41.5 Å². The molecule has 0 saturated carbocycles. The lowest BCUT2D eigenvalue weighted by atomic mass is 9.88. The van der Waals surface area contributed by atoms with Gasteiger partial charge in [-0.2, -0.15) is 0 Å². The number of imide groups is 1. The third-order valence-corrected chi connectivity index (χ3v) is 5.37. The van der Waals surface area contributed by atoms with Gasteiger partial charge in [-0.25, -0.2) is 9.18 Å². The van der Waals surface area contributed by atoms with E-state index in [0.29, 0.717) is 5.56 Å². The van der Waals surface area contributed by atoms with Gasteiger partial charge >= 0.3 is 6.03 Å². The van der Waals surface area contributed by atoms with E-state index >= 15 is 0 Å². The first kappa shape index (κ1) is 19.6. The number of Topliss-reactive ketones (excluding diaryl/α,β-unsaturated/α-hetero) is 1. The Bertz CT molecular complexity index is 1190. The van der Waals surface area contributed by atoms with E-state index in [2.05, 4.69) is 5.32 Å². The van der Waals surface area contributed by atoms with Crippen LogP contribution in [0, 0.1) is 5.82 Å². The second-order valence-electron chi connectivity index (χ2n) is 7.24. The molecule has 6 nitrogen and oxygen atoms in total. The van der Waals surface area contributed by atoms with Gasteiger partial charge in [0.25, 0.3) is 5.91 Å². The van der Waals surface area contributed by atoms with Crippen molar-refractivity contribution < 1.29 is 23.5 Å². The van der Waals surface area contributed by atoms with Crippen molar-refractivity contribution in [1.29, 1.82) is 0 Å². The predicted octanol–water partition coefficient (Wildman–Crippen LogP) is 3.64. The van der Waals surface area contributed by atoms with Crippen LogP contribution in [0.1, 0.15) is 22.8 Å². The maximum Gasteiger partial charge on any atom is 0.325 e. The zero-order valence-electron chi connectivity index (χ0n) is 16.4. The molecule has 0 aliphatic carbocycles. The number of benzene rings is 3. The Morgan fingerprint density at radius 3 is 2.60 bits per heavy atom. The highest BCUT2D eigenvalue weighted by molar-refractivity contribution is 6.13. The molecule has 3 aromatic rings. The monoisotopic (exact) mass is 406 g/mol. The highest BCUT2D eigenvalue weighted by atomic mass is 19.1. The summed E-state index contributed by atoms with van der Waals surface area (Å²) in [5.41, 5.74) is -0.723. The van der Waals surface area contributed by atoms with Crippen molar-refractivity contribution in [3.63, 3.8) is 0 Å². The Morgan fingerprint density at radius 2 is 1.83 bits per heavy atom. The van der Waals surface area contributed by atoms with E-state index in [1.54, 1.807) is 13.0 Å². The predicted molar refractivity (Wildman–Crippen MR) is 109 cm³/mol. The van der Waals surface area contributed by atoms with Crippen molar-refractivity contribution in [3.05, 3.63) is 77.6 Å². The fourth-order valence-electron chi connectivity index (χ4n) is 3.81. The van der Waals surface area contributed by atoms with E-state index < -0.39 is 35.6 Å².